The fourth-order valence-electron chi connectivity index (χ4n) is 4.92. The first-order valence-corrected chi connectivity index (χ1v) is 17.7. The number of unbranched alkanes of at least 4 members (excludes halogenated alkanes) is 8. The lowest BCUT2D eigenvalue weighted by molar-refractivity contribution is -0.305. The average Bonchev–Trinajstić information content (AvgIpc) is 3.06. The first kappa shape index (κ1) is 42.7. The summed E-state index contributed by atoms with van der Waals surface area (Å²) in [5.41, 5.74) is 0. The van der Waals surface area contributed by atoms with Crippen LogP contribution in [0.3, 0.4) is 0 Å². The van der Waals surface area contributed by atoms with Crippen molar-refractivity contribution >= 4 is 11.9 Å². The van der Waals surface area contributed by atoms with Crippen molar-refractivity contribution in [3.63, 3.8) is 0 Å². The first-order chi connectivity index (χ1) is 22.8. The molecule has 6 atom stereocenters. The maximum atomic E-state index is 12.5. The average molecular weight is 667 g/mol. The van der Waals surface area contributed by atoms with Gasteiger partial charge in [-0.05, 0) is 51.4 Å². The lowest BCUT2D eigenvalue weighted by Crippen LogP contribution is -2.59. The number of carbonyl (C=O) groups is 2. The number of ether oxygens (including phenoxy) is 4. The van der Waals surface area contributed by atoms with Crippen LogP contribution in [0, 0.1) is 0 Å². The fraction of sp³-hybridized carbons (Fsp3) is 0.730. The van der Waals surface area contributed by atoms with Gasteiger partial charge in [0.15, 0.2) is 12.4 Å². The van der Waals surface area contributed by atoms with Crippen LogP contribution in [0.5, 0.6) is 0 Å². The van der Waals surface area contributed by atoms with Crippen molar-refractivity contribution in [2.24, 2.45) is 0 Å². The maximum Gasteiger partial charge on any atom is 0.306 e. The van der Waals surface area contributed by atoms with Crippen LogP contribution in [0.25, 0.3) is 0 Å². The van der Waals surface area contributed by atoms with E-state index in [0.29, 0.717) is 12.8 Å². The smallest absolute Gasteiger partial charge is 0.306 e. The molecule has 10 nitrogen and oxygen atoms in total. The van der Waals surface area contributed by atoms with Crippen molar-refractivity contribution < 1.29 is 49.0 Å². The number of aliphatic hydroxyl groups is 4. The molecular weight excluding hydrogens is 604 g/mol. The van der Waals surface area contributed by atoms with E-state index < -0.39 is 55.4 Å². The molecule has 0 saturated carbocycles. The second kappa shape index (κ2) is 28.7. The van der Waals surface area contributed by atoms with Crippen molar-refractivity contribution in [1.29, 1.82) is 0 Å². The number of carbonyl (C=O) groups excluding carboxylic acids is 2. The van der Waals surface area contributed by atoms with Gasteiger partial charge in [0, 0.05) is 12.8 Å². The molecule has 270 valence electrons. The molecule has 10 heteroatoms. The Balaban J connectivity index is 2.19. The van der Waals surface area contributed by atoms with Gasteiger partial charge in [-0.2, -0.15) is 0 Å². The SMILES string of the molecule is CC/C=C\C/C=C\C/C=C\C/C=C\CCCCCCCCCCC(=O)OC(COC(=O)CCC)COC1OC(CO)C(O)C(O)C1O. The summed E-state index contributed by atoms with van der Waals surface area (Å²) in [6.45, 7) is 2.88. The Morgan fingerprint density at radius 2 is 1.26 bits per heavy atom. The van der Waals surface area contributed by atoms with Crippen molar-refractivity contribution in [2.45, 2.75) is 153 Å². The van der Waals surface area contributed by atoms with E-state index in [1.165, 1.54) is 25.7 Å². The number of hydrogen-bond donors (Lipinski definition) is 4. The third-order valence-electron chi connectivity index (χ3n) is 7.70. The van der Waals surface area contributed by atoms with Gasteiger partial charge >= 0.3 is 11.9 Å². The van der Waals surface area contributed by atoms with Gasteiger partial charge in [-0.3, -0.25) is 9.59 Å². The van der Waals surface area contributed by atoms with E-state index in [9.17, 15) is 30.0 Å². The fourth-order valence-corrected chi connectivity index (χ4v) is 4.92. The van der Waals surface area contributed by atoms with E-state index in [4.69, 9.17) is 18.9 Å². The van der Waals surface area contributed by atoms with Gasteiger partial charge in [0.1, 0.15) is 31.0 Å². The van der Waals surface area contributed by atoms with Gasteiger partial charge in [0.05, 0.1) is 13.2 Å². The molecule has 0 aromatic carbocycles. The van der Waals surface area contributed by atoms with Gasteiger partial charge in [0.25, 0.3) is 0 Å². The molecule has 1 aliphatic heterocycles. The summed E-state index contributed by atoms with van der Waals surface area (Å²) in [7, 11) is 0. The Morgan fingerprint density at radius 3 is 1.85 bits per heavy atom. The Labute approximate surface area is 282 Å². The second-order valence-corrected chi connectivity index (χ2v) is 11.9. The Kier molecular flexibility index (Phi) is 26.0. The molecule has 1 fully saturated rings. The summed E-state index contributed by atoms with van der Waals surface area (Å²) in [5.74, 6) is -0.883. The summed E-state index contributed by atoms with van der Waals surface area (Å²) >= 11 is 0. The normalized spacial score (nSPS) is 22.6. The largest absolute Gasteiger partial charge is 0.462 e. The molecule has 0 aromatic heterocycles. The van der Waals surface area contributed by atoms with E-state index >= 15 is 0 Å². The molecule has 1 aliphatic rings. The number of esters is 2. The minimum atomic E-state index is -1.59. The lowest BCUT2D eigenvalue weighted by Gasteiger charge is -2.39. The lowest BCUT2D eigenvalue weighted by atomic mass is 9.99. The molecule has 1 saturated heterocycles. The van der Waals surface area contributed by atoms with Crippen molar-refractivity contribution in [3.05, 3.63) is 48.6 Å². The van der Waals surface area contributed by atoms with Crippen molar-refractivity contribution in [1.82, 2.24) is 0 Å². The molecule has 0 aliphatic carbocycles. The first-order valence-electron chi connectivity index (χ1n) is 17.7. The molecule has 47 heavy (non-hydrogen) atoms. The zero-order valence-electron chi connectivity index (χ0n) is 28.8. The van der Waals surface area contributed by atoms with Crippen LogP contribution in [-0.2, 0) is 28.5 Å². The van der Waals surface area contributed by atoms with E-state index in [1.807, 2.05) is 6.92 Å². The quantitative estimate of drug-likeness (QED) is 0.0484. The summed E-state index contributed by atoms with van der Waals surface area (Å²) in [5, 5.41) is 39.5. The zero-order valence-corrected chi connectivity index (χ0v) is 28.8. The third-order valence-corrected chi connectivity index (χ3v) is 7.70. The number of allylic oxidation sites excluding steroid dienone is 8. The predicted molar refractivity (Wildman–Crippen MR) is 182 cm³/mol. The van der Waals surface area contributed by atoms with E-state index in [2.05, 4.69) is 55.5 Å². The molecule has 0 radical (unpaired) electrons. The van der Waals surface area contributed by atoms with Crippen LogP contribution in [-0.4, -0.2) is 89.0 Å². The predicted octanol–water partition coefficient (Wildman–Crippen LogP) is 5.76. The van der Waals surface area contributed by atoms with Crippen LogP contribution in [0.1, 0.15) is 117 Å². The molecule has 6 unspecified atom stereocenters. The topological polar surface area (TPSA) is 152 Å². The second-order valence-electron chi connectivity index (χ2n) is 11.9. The Hall–Kier alpha value is -2.34. The van der Waals surface area contributed by atoms with Crippen molar-refractivity contribution in [2.75, 3.05) is 19.8 Å². The maximum absolute atomic E-state index is 12.5. The van der Waals surface area contributed by atoms with Crippen LogP contribution < -0.4 is 0 Å². The number of aliphatic hydroxyl groups excluding tert-OH is 4. The Morgan fingerprint density at radius 1 is 0.681 bits per heavy atom. The molecular formula is C37H62O10. The minimum absolute atomic E-state index is 0.217. The Bertz CT molecular complexity index is 913. The highest BCUT2D eigenvalue weighted by Gasteiger charge is 2.44. The molecule has 4 N–H and O–H groups in total. The number of hydrogen-bond acceptors (Lipinski definition) is 10. The van der Waals surface area contributed by atoms with Crippen LogP contribution in [0.15, 0.2) is 48.6 Å². The van der Waals surface area contributed by atoms with Crippen LogP contribution >= 0.6 is 0 Å². The van der Waals surface area contributed by atoms with Crippen LogP contribution in [0.4, 0.5) is 0 Å². The highest BCUT2D eigenvalue weighted by Crippen LogP contribution is 2.22. The van der Waals surface area contributed by atoms with E-state index in [0.717, 1.165) is 51.4 Å². The van der Waals surface area contributed by atoms with E-state index in [-0.39, 0.29) is 26.1 Å². The van der Waals surface area contributed by atoms with Crippen molar-refractivity contribution in [3.8, 4) is 0 Å². The summed E-state index contributed by atoms with van der Waals surface area (Å²) < 4.78 is 21.6. The zero-order chi connectivity index (χ0) is 34.5. The van der Waals surface area contributed by atoms with Crippen LogP contribution in [0.2, 0.25) is 0 Å². The van der Waals surface area contributed by atoms with Gasteiger partial charge in [-0.15, -0.1) is 0 Å². The molecule has 0 bridgehead atoms. The third kappa shape index (κ3) is 21.3. The molecule has 0 aromatic rings. The van der Waals surface area contributed by atoms with Gasteiger partial charge in [-0.25, -0.2) is 0 Å². The monoisotopic (exact) mass is 666 g/mol. The summed E-state index contributed by atoms with van der Waals surface area (Å²) in [6, 6.07) is 0. The summed E-state index contributed by atoms with van der Waals surface area (Å²) in [6.07, 6.45) is 24.4. The molecule has 1 rings (SSSR count). The van der Waals surface area contributed by atoms with E-state index in [1.54, 1.807) is 0 Å². The highest BCUT2D eigenvalue weighted by molar-refractivity contribution is 5.70. The number of rotatable bonds is 27. The minimum Gasteiger partial charge on any atom is -0.462 e. The highest BCUT2D eigenvalue weighted by atomic mass is 16.7. The standard InChI is InChI=1S/C37H62O10/c1-3-5-6-7-8-9-10-11-12-13-14-15-16-17-18-19-20-21-22-23-24-26-33(40)46-30(28-44-32(39)25-4-2)29-45-37-36(43)35(42)34(41)31(27-38)47-37/h5-6,8-9,11-12,14-15,30-31,34-38,41-43H,3-4,7,10,13,16-29H2,1-2H3/b6-5-,9-8-,12-11-,15-14-. The van der Waals surface area contributed by atoms with Gasteiger partial charge in [-0.1, -0.05) is 101 Å². The molecule has 1 heterocycles. The van der Waals surface area contributed by atoms with Gasteiger partial charge < -0.3 is 39.4 Å². The summed E-state index contributed by atoms with van der Waals surface area (Å²) in [4.78, 5) is 24.4. The molecule has 0 spiro atoms. The molecule has 0 amide bonds. The van der Waals surface area contributed by atoms with Gasteiger partial charge in [0.2, 0.25) is 0 Å².